The van der Waals surface area contributed by atoms with Crippen LogP contribution in [0.2, 0.25) is 10.0 Å². The Balaban J connectivity index is 1.68. The average Bonchev–Trinajstić information content (AvgIpc) is 3.21. The topological polar surface area (TPSA) is 88.9 Å². The van der Waals surface area contributed by atoms with Gasteiger partial charge in [-0.1, -0.05) is 41.0 Å². The van der Waals surface area contributed by atoms with Crippen molar-refractivity contribution in [2.75, 3.05) is 11.1 Å². The number of rotatable bonds is 9. The molecule has 190 valence electrons. The fourth-order valence-electron chi connectivity index (χ4n) is 3.09. The molecule has 0 aliphatic heterocycles. The number of carbonyl (C=O) groups excluding carboxylic acids is 2. The number of thioether (sulfide) groups is 1. The van der Waals surface area contributed by atoms with Gasteiger partial charge in [0.25, 0.3) is 5.91 Å². The van der Waals surface area contributed by atoms with Crippen LogP contribution in [-0.4, -0.2) is 32.3 Å². The van der Waals surface area contributed by atoms with E-state index in [1.165, 1.54) is 0 Å². The van der Waals surface area contributed by atoms with Gasteiger partial charge < -0.3 is 15.2 Å². The van der Waals surface area contributed by atoms with Crippen molar-refractivity contribution in [1.29, 1.82) is 0 Å². The second-order valence-corrected chi connectivity index (χ2v) is 9.26. The Morgan fingerprint density at radius 3 is 2.50 bits per heavy atom. The number of anilines is 1. The lowest BCUT2D eigenvalue weighted by atomic mass is 10.2. The lowest BCUT2D eigenvalue weighted by Crippen LogP contribution is -2.28. The molecule has 0 aliphatic rings. The first-order chi connectivity index (χ1) is 17.0. The first-order valence-corrected chi connectivity index (χ1v) is 12.1. The van der Waals surface area contributed by atoms with Crippen molar-refractivity contribution in [3.8, 4) is 0 Å². The summed E-state index contributed by atoms with van der Waals surface area (Å²) in [6.07, 6.45) is -2.97. The number of carbonyl (C=O) groups is 2. The van der Waals surface area contributed by atoms with E-state index in [1.807, 2.05) is 0 Å². The Hall–Kier alpha value is -3.02. The SMILES string of the molecule is C=CCn1c(SCC(=O)Nc2cc(C(F)(F)F)ccc2Cl)nnc1[C@H](C)NC(=O)c1ccc(Cl)cc1. The molecule has 1 aromatic heterocycles. The molecule has 13 heteroatoms. The van der Waals surface area contributed by atoms with E-state index in [4.69, 9.17) is 23.2 Å². The van der Waals surface area contributed by atoms with Crippen LogP contribution in [0.3, 0.4) is 0 Å². The standard InChI is InChI=1S/C23H20Cl2F3N5O2S/c1-3-10-33-20(13(2)29-21(35)14-4-7-16(24)8-5-14)31-32-22(33)36-12-19(34)30-18-11-15(23(26,27)28)6-9-17(18)25/h3-9,11,13H,1,10,12H2,2H3,(H,29,35)(H,30,34)/t13-/m0/s1. The summed E-state index contributed by atoms with van der Waals surface area (Å²) in [4.78, 5) is 25.0. The molecule has 0 unspecified atom stereocenters. The number of nitrogens with one attached hydrogen (secondary N) is 2. The van der Waals surface area contributed by atoms with Crippen LogP contribution in [-0.2, 0) is 17.5 Å². The third-order valence-corrected chi connectivity index (χ3v) is 6.35. The third kappa shape index (κ3) is 7.02. The number of hydrogen-bond acceptors (Lipinski definition) is 5. The number of amides is 2. The quantitative estimate of drug-likeness (QED) is 0.248. The van der Waals surface area contributed by atoms with E-state index in [-0.39, 0.29) is 22.4 Å². The molecule has 0 saturated carbocycles. The number of hydrogen-bond donors (Lipinski definition) is 2. The van der Waals surface area contributed by atoms with Crippen molar-refractivity contribution in [3.63, 3.8) is 0 Å². The summed E-state index contributed by atoms with van der Waals surface area (Å²) < 4.78 is 40.6. The maximum atomic E-state index is 13.0. The lowest BCUT2D eigenvalue weighted by molar-refractivity contribution is -0.137. The average molecular weight is 558 g/mol. The van der Waals surface area contributed by atoms with Gasteiger partial charge in [-0.25, -0.2) is 0 Å². The number of nitrogens with zero attached hydrogens (tertiary/aromatic N) is 3. The maximum Gasteiger partial charge on any atom is 0.416 e. The zero-order valence-corrected chi connectivity index (χ0v) is 21.1. The van der Waals surface area contributed by atoms with Crippen molar-refractivity contribution < 1.29 is 22.8 Å². The van der Waals surface area contributed by atoms with Gasteiger partial charge in [0.2, 0.25) is 5.91 Å². The summed E-state index contributed by atoms with van der Waals surface area (Å²) in [5.74, 6) is -0.659. The number of halogens is 5. The Morgan fingerprint density at radius 2 is 1.86 bits per heavy atom. The van der Waals surface area contributed by atoms with Crippen molar-refractivity contribution in [3.05, 3.63) is 82.1 Å². The minimum atomic E-state index is -4.57. The minimum absolute atomic E-state index is 0.0243. The first kappa shape index (κ1) is 27.6. The number of allylic oxidation sites excluding steroid dienone is 1. The summed E-state index contributed by atoms with van der Waals surface area (Å²) in [7, 11) is 0. The molecule has 2 aromatic carbocycles. The van der Waals surface area contributed by atoms with Crippen molar-refractivity contribution in [2.24, 2.45) is 0 Å². The van der Waals surface area contributed by atoms with E-state index >= 15 is 0 Å². The van der Waals surface area contributed by atoms with E-state index < -0.39 is 23.7 Å². The highest BCUT2D eigenvalue weighted by Gasteiger charge is 2.31. The molecule has 0 aliphatic carbocycles. The fourth-order valence-corrected chi connectivity index (χ4v) is 4.13. The molecule has 1 atom stereocenters. The van der Waals surface area contributed by atoms with Crippen LogP contribution < -0.4 is 10.6 Å². The van der Waals surface area contributed by atoms with Crippen molar-refractivity contribution in [1.82, 2.24) is 20.1 Å². The smallest absolute Gasteiger partial charge is 0.342 e. The third-order valence-electron chi connectivity index (χ3n) is 4.80. The van der Waals surface area contributed by atoms with Gasteiger partial charge in [-0.3, -0.25) is 9.59 Å². The van der Waals surface area contributed by atoms with Crippen LogP contribution in [0.25, 0.3) is 0 Å². The van der Waals surface area contributed by atoms with Gasteiger partial charge in [0, 0.05) is 17.1 Å². The van der Waals surface area contributed by atoms with Gasteiger partial charge in [0.05, 0.1) is 28.1 Å². The van der Waals surface area contributed by atoms with Crippen LogP contribution in [0.15, 0.2) is 60.3 Å². The highest BCUT2D eigenvalue weighted by atomic mass is 35.5. The maximum absolute atomic E-state index is 13.0. The second kappa shape index (κ2) is 11.8. The highest BCUT2D eigenvalue weighted by Crippen LogP contribution is 2.34. The molecule has 0 fully saturated rings. The fraction of sp³-hybridized carbons (Fsp3) is 0.217. The molecule has 0 radical (unpaired) electrons. The molecule has 36 heavy (non-hydrogen) atoms. The number of aromatic nitrogens is 3. The zero-order valence-electron chi connectivity index (χ0n) is 18.8. The summed E-state index contributed by atoms with van der Waals surface area (Å²) in [5.41, 5.74) is -0.663. The van der Waals surface area contributed by atoms with E-state index in [0.29, 0.717) is 28.1 Å². The largest absolute Gasteiger partial charge is 0.416 e. The van der Waals surface area contributed by atoms with Gasteiger partial charge in [-0.15, -0.1) is 16.8 Å². The summed E-state index contributed by atoms with van der Waals surface area (Å²) in [6, 6.07) is 8.53. The molecule has 1 heterocycles. The minimum Gasteiger partial charge on any atom is -0.342 e. The highest BCUT2D eigenvalue weighted by molar-refractivity contribution is 7.99. The first-order valence-electron chi connectivity index (χ1n) is 10.4. The predicted octanol–water partition coefficient (Wildman–Crippen LogP) is 6.01. The molecule has 7 nitrogen and oxygen atoms in total. The summed E-state index contributed by atoms with van der Waals surface area (Å²) in [5, 5.41) is 14.3. The van der Waals surface area contributed by atoms with E-state index in [0.717, 1.165) is 30.0 Å². The van der Waals surface area contributed by atoms with Crippen LogP contribution in [0.1, 0.15) is 34.7 Å². The Bertz CT molecular complexity index is 1270. The summed E-state index contributed by atoms with van der Waals surface area (Å²) in [6.45, 7) is 5.74. The van der Waals surface area contributed by atoms with Crippen LogP contribution in [0, 0.1) is 0 Å². The van der Waals surface area contributed by atoms with Gasteiger partial charge >= 0.3 is 6.18 Å². The number of alkyl halides is 3. The molecule has 0 spiro atoms. The molecule has 0 bridgehead atoms. The second-order valence-electron chi connectivity index (χ2n) is 7.47. The molecular weight excluding hydrogens is 538 g/mol. The van der Waals surface area contributed by atoms with E-state index in [1.54, 1.807) is 41.8 Å². The molecule has 2 amide bonds. The van der Waals surface area contributed by atoms with Crippen LogP contribution in [0.4, 0.5) is 18.9 Å². The van der Waals surface area contributed by atoms with Crippen LogP contribution >= 0.6 is 35.0 Å². The Labute approximate surface area is 219 Å². The van der Waals surface area contributed by atoms with Crippen molar-refractivity contribution in [2.45, 2.75) is 30.8 Å². The van der Waals surface area contributed by atoms with Gasteiger partial charge in [-0.05, 0) is 49.4 Å². The summed E-state index contributed by atoms with van der Waals surface area (Å²) >= 11 is 12.8. The lowest BCUT2D eigenvalue weighted by Gasteiger charge is -2.15. The van der Waals surface area contributed by atoms with Crippen molar-refractivity contribution >= 4 is 52.5 Å². The zero-order chi connectivity index (χ0) is 26.5. The molecule has 3 aromatic rings. The monoisotopic (exact) mass is 557 g/mol. The van der Waals surface area contributed by atoms with Gasteiger partial charge in [0.1, 0.15) is 0 Å². The predicted molar refractivity (Wildman–Crippen MR) is 133 cm³/mol. The molecule has 3 rings (SSSR count). The molecule has 0 saturated heterocycles. The Morgan fingerprint density at radius 1 is 1.17 bits per heavy atom. The molecular formula is C23H20Cl2F3N5O2S. The van der Waals surface area contributed by atoms with Crippen LogP contribution in [0.5, 0.6) is 0 Å². The molecule has 2 N–H and O–H groups in total. The van der Waals surface area contributed by atoms with E-state index in [2.05, 4.69) is 27.4 Å². The van der Waals surface area contributed by atoms with Gasteiger partial charge in [-0.2, -0.15) is 13.2 Å². The Kier molecular flexibility index (Phi) is 9.04. The van der Waals surface area contributed by atoms with Gasteiger partial charge in [0.15, 0.2) is 11.0 Å². The normalized spacial score (nSPS) is 12.2. The number of benzene rings is 2. The van der Waals surface area contributed by atoms with E-state index in [9.17, 15) is 22.8 Å².